The number of benzene rings is 1. The zero-order valence-corrected chi connectivity index (χ0v) is 12.2. The van der Waals surface area contributed by atoms with E-state index in [4.69, 9.17) is 0 Å². The van der Waals surface area contributed by atoms with Crippen LogP contribution >= 0.6 is 0 Å². The topological polar surface area (TPSA) is 36.1 Å². The minimum atomic E-state index is 0.693. The van der Waals surface area contributed by atoms with Gasteiger partial charge in [0.1, 0.15) is 0 Å². The van der Waals surface area contributed by atoms with Gasteiger partial charge in [0.2, 0.25) is 0 Å². The highest BCUT2D eigenvalue weighted by molar-refractivity contribution is 5.28. The predicted octanol–water partition coefficient (Wildman–Crippen LogP) is 1.54. The highest BCUT2D eigenvalue weighted by Gasteiger charge is 2.14. The molecule has 1 fully saturated rings. The van der Waals surface area contributed by atoms with E-state index in [9.17, 15) is 0 Å². The van der Waals surface area contributed by atoms with Crippen LogP contribution in [0.5, 0.6) is 0 Å². The Balaban J connectivity index is 0.000000141. The zero-order chi connectivity index (χ0) is 13.5. The number of nitrogens with one attached hydrogen (secondary N) is 3. The molecular formula is C16H27N3. The van der Waals surface area contributed by atoms with Crippen molar-refractivity contribution in [3.8, 4) is 0 Å². The maximum absolute atomic E-state index is 3.46. The number of rotatable bonds is 1. The van der Waals surface area contributed by atoms with Gasteiger partial charge in [0.05, 0.1) is 0 Å². The van der Waals surface area contributed by atoms with Gasteiger partial charge in [-0.15, -0.1) is 0 Å². The van der Waals surface area contributed by atoms with E-state index >= 15 is 0 Å². The summed E-state index contributed by atoms with van der Waals surface area (Å²) in [6.45, 7) is 10.1. The molecule has 0 spiro atoms. The van der Waals surface area contributed by atoms with Crippen molar-refractivity contribution in [3.63, 3.8) is 0 Å². The van der Waals surface area contributed by atoms with Crippen LogP contribution in [-0.4, -0.2) is 32.2 Å². The molecule has 3 rings (SSSR count). The zero-order valence-electron chi connectivity index (χ0n) is 12.2. The van der Waals surface area contributed by atoms with Gasteiger partial charge in [-0.25, -0.2) is 0 Å². The maximum atomic E-state index is 3.46. The minimum absolute atomic E-state index is 0.693. The lowest BCUT2D eigenvalue weighted by Crippen LogP contribution is -2.50. The van der Waals surface area contributed by atoms with Gasteiger partial charge in [-0.2, -0.15) is 0 Å². The second-order valence-corrected chi connectivity index (χ2v) is 5.70. The fraction of sp³-hybridized carbons (Fsp3) is 0.625. The van der Waals surface area contributed by atoms with Crippen LogP contribution in [0.2, 0.25) is 0 Å². The summed E-state index contributed by atoms with van der Waals surface area (Å²) in [6.07, 6.45) is 1.19. The first-order chi connectivity index (χ1) is 9.27. The molecule has 0 bridgehead atoms. The molecule has 106 valence electrons. The predicted molar refractivity (Wildman–Crippen MR) is 81.4 cm³/mol. The highest BCUT2D eigenvalue weighted by atomic mass is 15.1. The Kier molecular flexibility index (Phi) is 5.83. The molecule has 2 aliphatic rings. The molecule has 3 N–H and O–H groups in total. The summed E-state index contributed by atoms with van der Waals surface area (Å²) in [5, 5.41) is 10.2. The largest absolute Gasteiger partial charge is 0.314 e. The van der Waals surface area contributed by atoms with Gasteiger partial charge in [0, 0.05) is 32.2 Å². The lowest BCUT2D eigenvalue weighted by atomic mass is 10.0. The third-order valence-electron chi connectivity index (χ3n) is 3.88. The third kappa shape index (κ3) is 4.60. The van der Waals surface area contributed by atoms with Crippen molar-refractivity contribution in [3.05, 3.63) is 35.4 Å². The average molecular weight is 261 g/mol. The number of hydrogen-bond acceptors (Lipinski definition) is 3. The molecule has 0 saturated carbocycles. The summed E-state index contributed by atoms with van der Waals surface area (Å²) >= 11 is 0. The first-order valence-electron chi connectivity index (χ1n) is 7.49. The molecule has 3 nitrogen and oxygen atoms in total. The Hall–Kier alpha value is -0.900. The van der Waals surface area contributed by atoms with E-state index < -0.39 is 0 Å². The number of piperazine rings is 1. The van der Waals surface area contributed by atoms with Crippen molar-refractivity contribution in [2.75, 3.05) is 26.2 Å². The van der Waals surface area contributed by atoms with Gasteiger partial charge >= 0.3 is 0 Å². The summed E-state index contributed by atoms with van der Waals surface area (Å²) in [5.74, 6) is 0.762. The van der Waals surface area contributed by atoms with Crippen molar-refractivity contribution in [2.45, 2.75) is 32.9 Å². The van der Waals surface area contributed by atoms with E-state index in [-0.39, 0.29) is 0 Å². The Morgan fingerprint density at radius 1 is 1.00 bits per heavy atom. The van der Waals surface area contributed by atoms with E-state index in [2.05, 4.69) is 54.1 Å². The standard InChI is InChI=1S/C9H11N.C7H16N2/c1-2-4-9-7-10-6-5-8(9)3-1;1-6(2)7-5-8-3-4-9-7/h1-4,10H,5-7H2;6-9H,3-5H2,1-2H3. The average Bonchev–Trinajstić information content (AvgIpc) is 2.49. The molecule has 0 radical (unpaired) electrons. The molecule has 1 saturated heterocycles. The van der Waals surface area contributed by atoms with Crippen LogP contribution < -0.4 is 16.0 Å². The molecular weight excluding hydrogens is 234 g/mol. The van der Waals surface area contributed by atoms with Crippen molar-refractivity contribution in [1.29, 1.82) is 0 Å². The molecule has 2 aliphatic heterocycles. The second-order valence-electron chi connectivity index (χ2n) is 5.70. The normalized spacial score (nSPS) is 22.4. The molecule has 1 atom stereocenters. The van der Waals surface area contributed by atoms with Gasteiger partial charge in [-0.05, 0) is 30.0 Å². The van der Waals surface area contributed by atoms with Gasteiger partial charge in [0.15, 0.2) is 0 Å². The molecule has 1 unspecified atom stereocenters. The quantitative estimate of drug-likeness (QED) is 0.717. The summed E-state index contributed by atoms with van der Waals surface area (Å²) in [6, 6.07) is 9.33. The monoisotopic (exact) mass is 261 g/mol. The number of fused-ring (bicyclic) bond motifs is 1. The SMILES string of the molecule is CC(C)C1CNCCN1.c1ccc2c(c1)CCNC2. The van der Waals surface area contributed by atoms with E-state index in [1.807, 2.05) is 0 Å². The third-order valence-corrected chi connectivity index (χ3v) is 3.88. The number of hydrogen-bond donors (Lipinski definition) is 3. The highest BCUT2D eigenvalue weighted by Crippen LogP contribution is 2.11. The van der Waals surface area contributed by atoms with Crippen LogP contribution in [0.4, 0.5) is 0 Å². The maximum Gasteiger partial charge on any atom is 0.0215 e. The van der Waals surface area contributed by atoms with Crippen LogP contribution in [0.15, 0.2) is 24.3 Å². The summed E-state index contributed by atoms with van der Waals surface area (Å²) in [7, 11) is 0. The Labute approximate surface area is 117 Å². The Bertz CT molecular complexity index is 345. The van der Waals surface area contributed by atoms with E-state index in [0.717, 1.165) is 38.6 Å². The molecule has 1 aromatic carbocycles. The molecule has 2 heterocycles. The van der Waals surface area contributed by atoms with E-state index in [1.54, 1.807) is 0 Å². The summed E-state index contributed by atoms with van der Waals surface area (Å²) in [4.78, 5) is 0. The molecule has 0 aliphatic carbocycles. The van der Waals surface area contributed by atoms with Gasteiger partial charge < -0.3 is 16.0 Å². The Morgan fingerprint density at radius 2 is 1.79 bits per heavy atom. The molecule has 0 amide bonds. The fourth-order valence-corrected chi connectivity index (χ4v) is 2.57. The minimum Gasteiger partial charge on any atom is -0.314 e. The van der Waals surface area contributed by atoms with Gasteiger partial charge in [-0.3, -0.25) is 0 Å². The summed E-state index contributed by atoms with van der Waals surface area (Å²) in [5.41, 5.74) is 2.98. The Morgan fingerprint density at radius 3 is 2.37 bits per heavy atom. The van der Waals surface area contributed by atoms with Crippen molar-refractivity contribution in [1.82, 2.24) is 16.0 Å². The van der Waals surface area contributed by atoms with Crippen molar-refractivity contribution < 1.29 is 0 Å². The van der Waals surface area contributed by atoms with Crippen LogP contribution in [0.1, 0.15) is 25.0 Å². The van der Waals surface area contributed by atoms with Gasteiger partial charge in [0.25, 0.3) is 0 Å². The fourth-order valence-electron chi connectivity index (χ4n) is 2.57. The van der Waals surface area contributed by atoms with Crippen LogP contribution in [-0.2, 0) is 13.0 Å². The second kappa shape index (κ2) is 7.63. The molecule has 0 aromatic heterocycles. The molecule has 3 heteroatoms. The molecule has 1 aromatic rings. The smallest absolute Gasteiger partial charge is 0.0215 e. The van der Waals surface area contributed by atoms with E-state index in [1.165, 1.54) is 17.5 Å². The van der Waals surface area contributed by atoms with Crippen molar-refractivity contribution >= 4 is 0 Å². The molecule has 19 heavy (non-hydrogen) atoms. The first-order valence-corrected chi connectivity index (χ1v) is 7.49. The first kappa shape index (κ1) is 14.5. The lowest BCUT2D eigenvalue weighted by Gasteiger charge is -2.27. The van der Waals surface area contributed by atoms with Crippen molar-refractivity contribution in [2.24, 2.45) is 5.92 Å². The van der Waals surface area contributed by atoms with E-state index in [0.29, 0.717) is 6.04 Å². The van der Waals surface area contributed by atoms with Crippen LogP contribution in [0.25, 0.3) is 0 Å². The lowest BCUT2D eigenvalue weighted by molar-refractivity contribution is 0.342. The van der Waals surface area contributed by atoms with Crippen LogP contribution in [0, 0.1) is 5.92 Å². The summed E-state index contributed by atoms with van der Waals surface area (Å²) < 4.78 is 0. The van der Waals surface area contributed by atoms with Crippen LogP contribution in [0.3, 0.4) is 0 Å². The van der Waals surface area contributed by atoms with Gasteiger partial charge in [-0.1, -0.05) is 38.1 Å².